The molecule has 14 heavy (non-hydrogen) atoms. The van der Waals surface area contributed by atoms with Crippen LogP contribution in [0, 0.1) is 10.1 Å². The SMILES string of the molecule is C/C(F)=C(\F)c1cccc([N+](=O)[O-])c1. The molecule has 0 bridgehead atoms. The summed E-state index contributed by atoms with van der Waals surface area (Å²) in [5.41, 5.74) is -0.391. The minimum Gasteiger partial charge on any atom is -0.258 e. The quantitative estimate of drug-likeness (QED) is 0.542. The van der Waals surface area contributed by atoms with E-state index < -0.39 is 16.6 Å². The van der Waals surface area contributed by atoms with Crippen molar-refractivity contribution in [1.82, 2.24) is 0 Å². The van der Waals surface area contributed by atoms with Gasteiger partial charge in [-0.1, -0.05) is 12.1 Å². The molecule has 0 saturated carbocycles. The molecule has 3 nitrogen and oxygen atoms in total. The maximum absolute atomic E-state index is 13.0. The molecule has 0 amide bonds. The van der Waals surface area contributed by atoms with Gasteiger partial charge in [-0.15, -0.1) is 0 Å². The molecule has 0 heterocycles. The van der Waals surface area contributed by atoms with Gasteiger partial charge in [-0.25, -0.2) is 8.78 Å². The largest absolute Gasteiger partial charge is 0.270 e. The lowest BCUT2D eigenvalue weighted by Crippen LogP contribution is -1.89. The van der Waals surface area contributed by atoms with Crippen molar-refractivity contribution >= 4 is 11.5 Å². The minimum atomic E-state index is -1.08. The molecule has 0 N–H and O–H groups in total. The number of rotatable bonds is 2. The Kier molecular flexibility index (Phi) is 2.91. The smallest absolute Gasteiger partial charge is 0.258 e. The maximum atomic E-state index is 13.0. The monoisotopic (exact) mass is 199 g/mol. The molecule has 5 heteroatoms. The predicted molar refractivity (Wildman–Crippen MR) is 47.9 cm³/mol. The normalized spacial score (nSPS) is 12.2. The summed E-state index contributed by atoms with van der Waals surface area (Å²) in [5.74, 6) is -2.07. The van der Waals surface area contributed by atoms with E-state index in [0.717, 1.165) is 13.0 Å². The zero-order valence-corrected chi connectivity index (χ0v) is 7.33. The third-order valence-corrected chi connectivity index (χ3v) is 1.61. The molecule has 0 aromatic heterocycles. The van der Waals surface area contributed by atoms with E-state index in [4.69, 9.17) is 0 Å². The Bertz CT molecular complexity index is 398. The number of allylic oxidation sites excluding steroid dienone is 1. The predicted octanol–water partition coefficient (Wildman–Crippen LogP) is 3.22. The van der Waals surface area contributed by atoms with Crippen molar-refractivity contribution in [2.75, 3.05) is 0 Å². The van der Waals surface area contributed by atoms with E-state index in [0.29, 0.717) is 0 Å². The standard InChI is InChI=1S/C9H7F2NO2/c1-6(10)9(11)7-3-2-4-8(5-7)12(13)14/h2-5H,1H3/b9-6+. The summed E-state index contributed by atoms with van der Waals surface area (Å²) in [4.78, 5) is 9.66. The van der Waals surface area contributed by atoms with Gasteiger partial charge in [-0.3, -0.25) is 10.1 Å². The average molecular weight is 199 g/mol. The summed E-state index contributed by atoms with van der Waals surface area (Å²) in [6, 6.07) is 4.77. The van der Waals surface area contributed by atoms with E-state index in [-0.39, 0.29) is 11.3 Å². The molecule has 0 spiro atoms. The van der Waals surface area contributed by atoms with E-state index in [1.54, 1.807) is 0 Å². The van der Waals surface area contributed by atoms with Gasteiger partial charge in [0.2, 0.25) is 0 Å². The summed E-state index contributed by atoms with van der Waals surface area (Å²) in [7, 11) is 0. The summed E-state index contributed by atoms with van der Waals surface area (Å²) in [6.45, 7) is 0.953. The fraction of sp³-hybridized carbons (Fsp3) is 0.111. The van der Waals surface area contributed by atoms with Gasteiger partial charge in [0.15, 0.2) is 5.83 Å². The van der Waals surface area contributed by atoms with Crippen LogP contribution in [-0.4, -0.2) is 4.92 Å². The summed E-state index contributed by atoms with van der Waals surface area (Å²) in [6.07, 6.45) is 0. The topological polar surface area (TPSA) is 43.1 Å². The van der Waals surface area contributed by atoms with Crippen LogP contribution in [0.4, 0.5) is 14.5 Å². The van der Waals surface area contributed by atoms with Crippen molar-refractivity contribution in [3.63, 3.8) is 0 Å². The summed E-state index contributed by atoms with van der Waals surface area (Å²) < 4.78 is 25.4. The second-order valence-corrected chi connectivity index (χ2v) is 2.65. The Labute approximate surface area is 78.8 Å². The van der Waals surface area contributed by atoms with Crippen LogP contribution < -0.4 is 0 Å². The molecule has 0 saturated heterocycles. The number of halogens is 2. The first kappa shape index (κ1) is 10.3. The Morgan fingerprint density at radius 1 is 1.43 bits per heavy atom. The van der Waals surface area contributed by atoms with Gasteiger partial charge in [0, 0.05) is 17.7 Å². The van der Waals surface area contributed by atoms with E-state index in [1.807, 2.05) is 0 Å². The molecule has 0 atom stereocenters. The van der Waals surface area contributed by atoms with Crippen LogP contribution in [0.5, 0.6) is 0 Å². The summed E-state index contributed by atoms with van der Waals surface area (Å²) in [5, 5.41) is 10.3. The van der Waals surface area contributed by atoms with Crippen molar-refractivity contribution in [1.29, 1.82) is 0 Å². The van der Waals surface area contributed by atoms with Crippen LogP contribution in [0.15, 0.2) is 30.1 Å². The highest BCUT2D eigenvalue weighted by Crippen LogP contribution is 2.24. The lowest BCUT2D eigenvalue weighted by molar-refractivity contribution is -0.384. The lowest BCUT2D eigenvalue weighted by Gasteiger charge is -1.97. The van der Waals surface area contributed by atoms with Gasteiger partial charge in [-0.2, -0.15) is 0 Å². The second kappa shape index (κ2) is 3.95. The molecular weight excluding hydrogens is 192 g/mol. The van der Waals surface area contributed by atoms with Crippen LogP contribution in [0.1, 0.15) is 12.5 Å². The highest BCUT2D eigenvalue weighted by molar-refractivity contribution is 5.62. The number of hydrogen-bond donors (Lipinski definition) is 0. The second-order valence-electron chi connectivity index (χ2n) is 2.65. The number of nitro benzene ring substituents is 1. The van der Waals surface area contributed by atoms with E-state index in [9.17, 15) is 18.9 Å². The van der Waals surface area contributed by atoms with Gasteiger partial charge >= 0.3 is 0 Å². The number of nitrogens with zero attached hydrogens (tertiary/aromatic N) is 1. The molecule has 0 radical (unpaired) electrons. The van der Waals surface area contributed by atoms with Crippen LogP contribution in [0.3, 0.4) is 0 Å². The molecule has 1 rings (SSSR count). The van der Waals surface area contributed by atoms with Gasteiger partial charge in [0.05, 0.1) is 4.92 Å². The number of non-ortho nitro benzene ring substituents is 1. The third-order valence-electron chi connectivity index (χ3n) is 1.61. The highest BCUT2D eigenvalue weighted by Gasteiger charge is 2.10. The van der Waals surface area contributed by atoms with E-state index in [1.165, 1.54) is 18.2 Å². The van der Waals surface area contributed by atoms with Crippen LogP contribution in [0.25, 0.3) is 5.83 Å². The minimum absolute atomic E-state index is 0.126. The van der Waals surface area contributed by atoms with E-state index in [2.05, 4.69) is 0 Å². The van der Waals surface area contributed by atoms with Crippen molar-refractivity contribution in [3.05, 3.63) is 45.8 Å². The summed E-state index contributed by atoms with van der Waals surface area (Å²) >= 11 is 0. The zero-order chi connectivity index (χ0) is 10.7. The Balaban J connectivity index is 3.19. The molecule has 0 unspecified atom stereocenters. The molecule has 0 aliphatic heterocycles. The first-order valence-corrected chi connectivity index (χ1v) is 3.79. The highest BCUT2D eigenvalue weighted by atomic mass is 19.2. The van der Waals surface area contributed by atoms with Crippen molar-refractivity contribution in [2.45, 2.75) is 6.92 Å². The van der Waals surface area contributed by atoms with Gasteiger partial charge < -0.3 is 0 Å². The molecule has 74 valence electrons. The molecular formula is C9H7F2NO2. The average Bonchev–Trinajstić information content (AvgIpc) is 2.16. The van der Waals surface area contributed by atoms with Crippen LogP contribution in [-0.2, 0) is 0 Å². The molecule has 1 aromatic carbocycles. The van der Waals surface area contributed by atoms with Gasteiger partial charge in [0.25, 0.3) is 5.69 Å². The fourth-order valence-corrected chi connectivity index (χ4v) is 0.955. The van der Waals surface area contributed by atoms with Gasteiger partial charge in [-0.05, 0) is 6.92 Å². The van der Waals surface area contributed by atoms with E-state index >= 15 is 0 Å². The number of benzene rings is 1. The molecule has 0 aliphatic rings. The number of nitro groups is 1. The molecule has 0 fully saturated rings. The molecule has 0 aliphatic carbocycles. The third kappa shape index (κ3) is 2.12. The maximum Gasteiger partial charge on any atom is 0.270 e. The van der Waals surface area contributed by atoms with Crippen molar-refractivity contribution in [2.24, 2.45) is 0 Å². The zero-order valence-electron chi connectivity index (χ0n) is 7.33. The Morgan fingerprint density at radius 2 is 2.07 bits per heavy atom. The first-order chi connectivity index (χ1) is 6.52. The Hall–Kier alpha value is -1.78. The fourth-order valence-electron chi connectivity index (χ4n) is 0.955. The number of hydrogen-bond acceptors (Lipinski definition) is 2. The van der Waals surface area contributed by atoms with Crippen LogP contribution >= 0.6 is 0 Å². The Morgan fingerprint density at radius 3 is 2.57 bits per heavy atom. The van der Waals surface area contributed by atoms with Gasteiger partial charge in [0.1, 0.15) is 5.83 Å². The lowest BCUT2D eigenvalue weighted by atomic mass is 10.1. The van der Waals surface area contributed by atoms with Crippen LogP contribution in [0.2, 0.25) is 0 Å². The van der Waals surface area contributed by atoms with Crippen molar-refractivity contribution in [3.8, 4) is 0 Å². The van der Waals surface area contributed by atoms with Crippen molar-refractivity contribution < 1.29 is 13.7 Å². The molecule has 1 aromatic rings. The first-order valence-electron chi connectivity index (χ1n) is 3.79.